The zero-order valence-corrected chi connectivity index (χ0v) is 9.94. The molecule has 0 spiro atoms. The molecule has 0 aliphatic rings. The second-order valence-corrected chi connectivity index (χ2v) is 4.42. The number of hydrogen-bond donors (Lipinski definition) is 2. The summed E-state index contributed by atoms with van der Waals surface area (Å²) >= 11 is 0. The highest BCUT2D eigenvalue weighted by atomic mass is 19.1. The summed E-state index contributed by atoms with van der Waals surface area (Å²) in [6.07, 6.45) is 0. The van der Waals surface area contributed by atoms with Crippen molar-refractivity contribution in [3.05, 3.63) is 39.7 Å². The maximum atomic E-state index is 13.3. The lowest BCUT2D eigenvalue weighted by Crippen LogP contribution is -2.46. The van der Waals surface area contributed by atoms with Crippen LogP contribution < -0.4 is 5.32 Å². The number of amides is 1. The van der Waals surface area contributed by atoms with Gasteiger partial charge in [-0.15, -0.1) is 0 Å². The topological polar surface area (TPSA) is 92.5 Å². The van der Waals surface area contributed by atoms with Crippen molar-refractivity contribution in [2.24, 2.45) is 0 Å². The van der Waals surface area contributed by atoms with Crippen molar-refractivity contribution in [3.8, 4) is 0 Å². The monoisotopic (exact) mass is 256 g/mol. The summed E-state index contributed by atoms with van der Waals surface area (Å²) in [5.41, 5.74) is -1.58. The molecule has 0 radical (unpaired) electrons. The first kappa shape index (κ1) is 14.0. The summed E-state index contributed by atoms with van der Waals surface area (Å²) in [5, 5.41) is 21.9. The van der Waals surface area contributed by atoms with Gasteiger partial charge < -0.3 is 10.4 Å². The molecular formula is C11H13FN2O4. The van der Waals surface area contributed by atoms with Crippen LogP contribution in [-0.2, 0) is 0 Å². The van der Waals surface area contributed by atoms with Gasteiger partial charge in [0.15, 0.2) is 0 Å². The summed E-state index contributed by atoms with van der Waals surface area (Å²) in [4.78, 5) is 21.2. The number of aliphatic hydroxyl groups excluding tert-OH is 1. The first-order chi connectivity index (χ1) is 8.26. The van der Waals surface area contributed by atoms with Crippen molar-refractivity contribution in [1.82, 2.24) is 5.32 Å². The highest BCUT2D eigenvalue weighted by Crippen LogP contribution is 2.18. The number of nitrogens with zero attached hydrogens (tertiary/aromatic N) is 1. The quantitative estimate of drug-likeness (QED) is 0.626. The number of hydrogen-bond acceptors (Lipinski definition) is 4. The lowest BCUT2D eigenvalue weighted by atomic mass is 10.1. The molecule has 0 heterocycles. The highest BCUT2D eigenvalue weighted by Gasteiger charge is 2.22. The van der Waals surface area contributed by atoms with E-state index in [1.807, 2.05) is 0 Å². The third-order valence-electron chi connectivity index (χ3n) is 2.25. The molecule has 1 aromatic carbocycles. The SMILES string of the molecule is CC(C)(CO)NC(=O)c1ccc([N+](=O)[O-])c(F)c1. The summed E-state index contributed by atoms with van der Waals surface area (Å²) in [7, 11) is 0. The number of nitro groups is 1. The van der Waals surface area contributed by atoms with Gasteiger partial charge in [-0.2, -0.15) is 4.39 Å². The van der Waals surface area contributed by atoms with Gasteiger partial charge in [-0.3, -0.25) is 14.9 Å². The molecule has 2 N–H and O–H groups in total. The molecule has 0 fully saturated rings. The Balaban J connectivity index is 2.95. The predicted molar refractivity (Wildman–Crippen MR) is 61.7 cm³/mol. The van der Waals surface area contributed by atoms with E-state index in [9.17, 15) is 19.3 Å². The molecule has 0 saturated carbocycles. The smallest absolute Gasteiger partial charge is 0.304 e. The minimum absolute atomic E-state index is 0.0420. The molecule has 1 rings (SSSR count). The fourth-order valence-electron chi connectivity index (χ4n) is 1.22. The Morgan fingerprint density at radius 1 is 1.56 bits per heavy atom. The van der Waals surface area contributed by atoms with Crippen molar-refractivity contribution in [1.29, 1.82) is 0 Å². The van der Waals surface area contributed by atoms with E-state index in [0.717, 1.165) is 18.2 Å². The van der Waals surface area contributed by atoms with E-state index >= 15 is 0 Å². The minimum Gasteiger partial charge on any atom is -0.394 e. The highest BCUT2D eigenvalue weighted by molar-refractivity contribution is 5.94. The average Bonchev–Trinajstić information content (AvgIpc) is 2.27. The second kappa shape index (κ2) is 5.09. The normalized spacial score (nSPS) is 11.1. The van der Waals surface area contributed by atoms with Crippen LogP contribution in [0.2, 0.25) is 0 Å². The molecule has 18 heavy (non-hydrogen) atoms. The number of aliphatic hydroxyl groups is 1. The Labute approximate surface area is 103 Å². The Hall–Kier alpha value is -2.02. The summed E-state index contributed by atoms with van der Waals surface area (Å²) in [6, 6.07) is 2.88. The van der Waals surface area contributed by atoms with Crippen LogP contribution in [0.15, 0.2) is 18.2 Å². The Kier molecular flexibility index (Phi) is 3.97. The van der Waals surface area contributed by atoms with Gasteiger partial charge >= 0.3 is 5.69 Å². The van der Waals surface area contributed by atoms with Gasteiger partial charge in [0.05, 0.1) is 17.1 Å². The van der Waals surface area contributed by atoms with Gasteiger partial charge in [-0.1, -0.05) is 0 Å². The third-order valence-corrected chi connectivity index (χ3v) is 2.25. The maximum Gasteiger partial charge on any atom is 0.304 e. The average molecular weight is 256 g/mol. The van der Waals surface area contributed by atoms with E-state index in [4.69, 9.17) is 5.11 Å². The van der Waals surface area contributed by atoms with E-state index in [-0.39, 0.29) is 12.2 Å². The van der Waals surface area contributed by atoms with Gasteiger partial charge in [-0.25, -0.2) is 0 Å². The van der Waals surface area contributed by atoms with E-state index in [0.29, 0.717) is 0 Å². The van der Waals surface area contributed by atoms with Crippen molar-refractivity contribution in [2.45, 2.75) is 19.4 Å². The lowest BCUT2D eigenvalue weighted by molar-refractivity contribution is -0.387. The first-order valence-electron chi connectivity index (χ1n) is 5.14. The zero-order chi connectivity index (χ0) is 13.9. The van der Waals surface area contributed by atoms with Crippen molar-refractivity contribution in [3.63, 3.8) is 0 Å². The van der Waals surface area contributed by atoms with Crippen molar-refractivity contribution >= 4 is 11.6 Å². The molecular weight excluding hydrogens is 243 g/mol. The fourth-order valence-corrected chi connectivity index (χ4v) is 1.22. The first-order valence-corrected chi connectivity index (χ1v) is 5.14. The van der Waals surface area contributed by atoms with E-state index in [1.54, 1.807) is 13.8 Å². The summed E-state index contributed by atoms with van der Waals surface area (Å²) < 4.78 is 13.3. The fraction of sp³-hybridized carbons (Fsp3) is 0.364. The second-order valence-electron chi connectivity index (χ2n) is 4.42. The molecule has 0 aliphatic heterocycles. The third kappa shape index (κ3) is 3.24. The van der Waals surface area contributed by atoms with Crippen LogP contribution in [0.1, 0.15) is 24.2 Å². The number of nitrogens with one attached hydrogen (secondary N) is 1. The number of nitro benzene ring substituents is 1. The molecule has 7 heteroatoms. The van der Waals surface area contributed by atoms with Crippen LogP contribution in [0.4, 0.5) is 10.1 Å². The van der Waals surface area contributed by atoms with Gasteiger partial charge in [0.25, 0.3) is 5.91 Å². The van der Waals surface area contributed by atoms with Crippen LogP contribution in [0, 0.1) is 15.9 Å². The van der Waals surface area contributed by atoms with E-state index in [2.05, 4.69) is 5.32 Å². The van der Waals surface area contributed by atoms with E-state index < -0.39 is 27.9 Å². The van der Waals surface area contributed by atoms with Crippen LogP contribution in [0.25, 0.3) is 0 Å². The number of halogens is 1. The van der Waals surface area contributed by atoms with Crippen LogP contribution in [-0.4, -0.2) is 28.1 Å². The minimum atomic E-state index is -1.07. The number of carbonyl (C=O) groups excluding carboxylic acids is 1. The molecule has 1 aromatic rings. The zero-order valence-electron chi connectivity index (χ0n) is 9.94. The molecule has 6 nitrogen and oxygen atoms in total. The Morgan fingerprint density at radius 2 is 2.17 bits per heavy atom. The molecule has 1 amide bonds. The number of carbonyl (C=O) groups is 1. The van der Waals surface area contributed by atoms with Crippen molar-refractivity contribution in [2.75, 3.05) is 6.61 Å². The van der Waals surface area contributed by atoms with Gasteiger partial charge in [0.1, 0.15) is 0 Å². The molecule has 0 unspecified atom stereocenters. The van der Waals surface area contributed by atoms with Crippen LogP contribution in [0.5, 0.6) is 0 Å². The Morgan fingerprint density at radius 3 is 2.61 bits per heavy atom. The molecule has 0 aliphatic carbocycles. The molecule has 0 bridgehead atoms. The molecule has 0 aromatic heterocycles. The molecule has 0 atom stereocenters. The maximum absolute atomic E-state index is 13.3. The number of rotatable bonds is 4. The summed E-state index contributed by atoms with van der Waals surface area (Å²) in [6.45, 7) is 2.90. The molecule has 0 saturated heterocycles. The van der Waals surface area contributed by atoms with Crippen LogP contribution >= 0.6 is 0 Å². The van der Waals surface area contributed by atoms with Crippen LogP contribution in [0.3, 0.4) is 0 Å². The summed E-state index contributed by atoms with van der Waals surface area (Å²) in [5.74, 6) is -1.68. The standard InChI is InChI=1S/C11H13FN2O4/c1-11(2,6-15)13-10(16)7-3-4-9(14(17)18)8(12)5-7/h3-5,15H,6H2,1-2H3,(H,13,16). The lowest BCUT2D eigenvalue weighted by Gasteiger charge is -2.23. The Bertz CT molecular complexity index is 488. The largest absolute Gasteiger partial charge is 0.394 e. The van der Waals surface area contributed by atoms with Gasteiger partial charge in [0.2, 0.25) is 5.82 Å². The van der Waals surface area contributed by atoms with E-state index in [1.165, 1.54) is 0 Å². The van der Waals surface area contributed by atoms with Gasteiger partial charge in [-0.05, 0) is 26.0 Å². The molecule has 98 valence electrons. The van der Waals surface area contributed by atoms with Crippen molar-refractivity contribution < 1.29 is 19.2 Å². The predicted octanol–water partition coefficient (Wildman–Crippen LogP) is 1.23. The van der Waals surface area contributed by atoms with Gasteiger partial charge in [0, 0.05) is 11.6 Å². The number of benzene rings is 1.